The van der Waals surface area contributed by atoms with E-state index in [-0.39, 0.29) is 17.9 Å². The first-order chi connectivity index (χ1) is 12.2. The Labute approximate surface area is 147 Å². The van der Waals surface area contributed by atoms with Crippen LogP contribution < -0.4 is 10.6 Å². The largest absolute Gasteiger partial charge is 0.383 e. The average molecular weight is 350 g/mol. The quantitative estimate of drug-likeness (QED) is 0.699. The van der Waals surface area contributed by atoms with E-state index >= 15 is 0 Å². The lowest BCUT2D eigenvalue weighted by atomic mass is 10.1. The molecule has 0 aliphatic carbocycles. The predicted molar refractivity (Wildman–Crippen MR) is 90.7 cm³/mol. The number of methoxy groups -OCH3 is 1. The molecule has 1 aromatic rings. The molecule has 138 valence electrons. The summed E-state index contributed by atoms with van der Waals surface area (Å²) in [6.07, 6.45) is 4.84. The molecule has 1 unspecified atom stereocenters. The van der Waals surface area contributed by atoms with Gasteiger partial charge in [0.25, 0.3) is 11.8 Å². The summed E-state index contributed by atoms with van der Waals surface area (Å²) >= 11 is 0. The minimum atomic E-state index is -0.265. The van der Waals surface area contributed by atoms with Crippen molar-refractivity contribution in [3.8, 4) is 0 Å². The number of carbonyl (C=O) groups is 2. The van der Waals surface area contributed by atoms with Gasteiger partial charge in [-0.05, 0) is 32.1 Å². The number of carbonyl (C=O) groups excluding carboxylic acids is 2. The van der Waals surface area contributed by atoms with E-state index in [1.54, 1.807) is 7.11 Å². The van der Waals surface area contributed by atoms with Crippen LogP contribution in [0, 0.1) is 0 Å². The first-order valence-electron chi connectivity index (χ1n) is 8.97. The fourth-order valence-corrected chi connectivity index (χ4v) is 3.34. The highest BCUT2D eigenvalue weighted by atomic mass is 16.5. The summed E-state index contributed by atoms with van der Waals surface area (Å²) in [7, 11) is 1.58. The number of imidazole rings is 1. The molecule has 8 nitrogen and oxygen atoms in total. The van der Waals surface area contributed by atoms with Gasteiger partial charge in [0, 0.05) is 33.4 Å². The van der Waals surface area contributed by atoms with Crippen molar-refractivity contribution >= 4 is 11.8 Å². The van der Waals surface area contributed by atoms with E-state index in [2.05, 4.69) is 15.6 Å². The maximum Gasteiger partial charge on any atom is 0.287 e. The monoisotopic (exact) mass is 350 g/mol. The molecule has 8 heteroatoms. The van der Waals surface area contributed by atoms with Gasteiger partial charge in [-0.1, -0.05) is 0 Å². The van der Waals surface area contributed by atoms with Crippen LogP contribution in [0.25, 0.3) is 0 Å². The molecule has 0 radical (unpaired) electrons. The maximum absolute atomic E-state index is 12.6. The highest BCUT2D eigenvalue weighted by Crippen LogP contribution is 2.21. The van der Waals surface area contributed by atoms with Crippen molar-refractivity contribution in [2.24, 2.45) is 0 Å². The molecule has 2 amide bonds. The maximum atomic E-state index is 12.6. The molecule has 0 saturated carbocycles. The second-order valence-corrected chi connectivity index (χ2v) is 6.43. The third-order valence-electron chi connectivity index (χ3n) is 4.64. The Morgan fingerprint density at radius 2 is 2.16 bits per heavy atom. The molecule has 2 aliphatic heterocycles. The lowest BCUT2D eigenvalue weighted by Gasteiger charge is -2.17. The molecule has 0 bridgehead atoms. The van der Waals surface area contributed by atoms with Gasteiger partial charge < -0.3 is 24.7 Å². The van der Waals surface area contributed by atoms with Crippen LogP contribution in [0.5, 0.6) is 0 Å². The molecule has 0 aromatic carbocycles. The molecule has 1 atom stereocenters. The van der Waals surface area contributed by atoms with E-state index in [4.69, 9.17) is 9.47 Å². The Bertz CT molecular complexity index is 622. The van der Waals surface area contributed by atoms with Crippen LogP contribution in [0.3, 0.4) is 0 Å². The fourth-order valence-electron chi connectivity index (χ4n) is 3.34. The fraction of sp³-hybridized carbons (Fsp3) is 0.706. The number of fused-ring (bicyclic) bond motifs is 1. The first kappa shape index (κ1) is 17.9. The van der Waals surface area contributed by atoms with Gasteiger partial charge in [-0.25, -0.2) is 4.98 Å². The number of aromatic nitrogens is 2. The molecular formula is C17H26N4O4. The Balaban J connectivity index is 1.72. The van der Waals surface area contributed by atoms with Crippen LogP contribution in [-0.2, 0) is 22.4 Å². The first-order valence-corrected chi connectivity index (χ1v) is 8.97. The molecule has 2 N–H and O–H groups in total. The van der Waals surface area contributed by atoms with Crippen LogP contribution in [0.2, 0.25) is 0 Å². The van der Waals surface area contributed by atoms with Gasteiger partial charge in [0.15, 0.2) is 5.82 Å². The lowest BCUT2D eigenvalue weighted by molar-refractivity contribution is 0.0853. The average Bonchev–Trinajstić information content (AvgIpc) is 3.27. The standard InChI is InChI=1S/C17H26N4O4/c1-24-10-7-18-17(23)15-20-14(13-6-2-3-8-21(13)15)16(22)19-11-12-5-4-9-25-12/h12H,2-11H2,1H3,(H,18,23)(H,19,22). The van der Waals surface area contributed by atoms with E-state index < -0.39 is 0 Å². The highest BCUT2D eigenvalue weighted by Gasteiger charge is 2.28. The van der Waals surface area contributed by atoms with Gasteiger partial charge in [0.1, 0.15) is 5.69 Å². The summed E-state index contributed by atoms with van der Waals surface area (Å²) in [5.74, 6) is -0.177. The topological polar surface area (TPSA) is 94.5 Å². The van der Waals surface area contributed by atoms with Gasteiger partial charge in [0.05, 0.1) is 18.4 Å². The number of hydrogen-bond donors (Lipinski definition) is 2. The summed E-state index contributed by atoms with van der Waals surface area (Å²) in [4.78, 5) is 29.3. The SMILES string of the molecule is COCCNC(=O)c1nc(C(=O)NCC2CCCO2)c2n1CCCC2. The van der Waals surface area contributed by atoms with E-state index in [9.17, 15) is 9.59 Å². The molecule has 1 fully saturated rings. The molecule has 25 heavy (non-hydrogen) atoms. The van der Waals surface area contributed by atoms with Crippen LogP contribution in [-0.4, -0.2) is 60.9 Å². The number of nitrogens with zero attached hydrogens (tertiary/aromatic N) is 2. The zero-order valence-corrected chi connectivity index (χ0v) is 14.7. The summed E-state index contributed by atoms with van der Waals surface area (Å²) in [6, 6.07) is 0. The van der Waals surface area contributed by atoms with Gasteiger partial charge in [-0.15, -0.1) is 0 Å². The van der Waals surface area contributed by atoms with Crippen molar-refractivity contribution in [2.75, 3.05) is 33.4 Å². The normalized spacial score (nSPS) is 19.5. The Kier molecular flexibility index (Phi) is 6.04. The molecule has 0 spiro atoms. The van der Waals surface area contributed by atoms with Crippen LogP contribution in [0.4, 0.5) is 0 Å². The summed E-state index contributed by atoms with van der Waals surface area (Å²) in [6.45, 7) is 2.81. The second-order valence-electron chi connectivity index (χ2n) is 6.43. The molecule has 1 saturated heterocycles. The molecule has 2 aliphatic rings. The van der Waals surface area contributed by atoms with E-state index in [1.807, 2.05) is 4.57 Å². The number of nitrogens with one attached hydrogen (secondary N) is 2. The van der Waals surface area contributed by atoms with E-state index in [0.717, 1.165) is 44.4 Å². The Morgan fingerprint density at radius 1 is 1.28 bits per heavy atom. The van der Waals surface area contributed by atoms with Gasteiger partial charge in [-0.2, -0.15) is 0 Å². The van der Waals surface area contributed by atoms with Crippen LogP contribution in [0.15, 0.2) is 0 Å². The third kappa shape index (κ3) is 4.19. The van der Waals surface area contributed by atoms with Gasteiger partial charge in [0.2, 0.25) is 0 Å². The number of rotatable bonds is 7. The number of ether oxygens (including phenoxy) is 2. The molecular weight excluding hydrogens is 324 g/mol. The summed E-state index contributed by atoms with van der Waals surface area (Å²) in [5, 5.41) is 5.68. The predicted octanol–water partition coefficient (Wildman–Crippen LogP) is 0.504. The molecule has 1 aromatic heterocycles. The summed E-state index contributed by atoms with van der Waals surface area (Å²) < 4.78 is 12.4. The van der Waals surface area contributed by atoms with Gasteiger partial charge in [-0.3, -0.25) is 9.59 Å². The van der Waals surface area contributed by atoms with Crippen molar-refractivity contribution in [3.05, 3.63) is 17.2 Å². The van der Waals surface area contributed by atoms with E-state index in [0.29, 0.717) is 37.8 Å². The minimum absolute atomic E-state index is 0.0826. The zero-order chi connectivity index (χ0) is 17.6. The number of hydrogen-bond acceptors (Lipinski definition) is 5. The molecule has 3 heterocycles. The number of amides is 2. The Morgan fingerprint density at radius 3 is 2.92 bits per heavy atom. The Hall–Kier alpha value is -1.93. The van der Waals surface area contributed by atoms with Crippen molar-refractivity contribution in [2.45, 2.75) is 44.8 Å². The van der Waals surface area contributed by atoms with Crippen LogP contribution in [0.1, 0.15) is 52.5 Å². The van der Waals surface area contributed by atoms with Crippen molar-refractivity contribution in [1.29, 1.82) is 0 Å². The smallest absolute Gasteiger partial charge is 0.287 e. The van der Waals surface area contributed by atoms with Gasteiger partial charge >= 0.3 is 0 Å². The van der Waals surface area contributed by atoms with Crippen molar-refractivity contribution in [3.63, 3.8) is 0 Å². The highest BCUT2D eigenvalue weighted by molar-refractivity contribution is 5.97. The van der Waals surface area contributed by atoms with E-state index in [1.165, 1.54) is 0 Å². The molecule has 3 rings (SSSR count). The summed E-state index contributed by atoms with van der Waals surface area (Å²) in [5.41, 5.74) is 1.22. The zero-order valence-electron chi connectivity index (χ0n) is 14.7. The second kappa shape index (κ2) is 8.44. The van der Waals surface area contributed by atoms with Crippen molar-refractivity contribution in [1.82, 2.24) is 20.2 Å². The third-order valence-corrected chi connectivity index (χ3v) is 4.64. The lowest BCUT2D eigenvalue weighted by Crippen LogP contribution is -2.32. The van der Waals surface area contributed by atoms with Crippen molar-refractivity contribution < 1.29 is 19.1 Å². The minimum Gasteiger partial charge on any atom is -0.383 e. The van der Waals surface area contributed by atoms with Crippen LogP contribution >= 0.6 is 0 Å².